The normalized spacial score (nSPS) is 12.0. The SMILES string of the molecule is CC(Nc1ccc(O)cc1)c1ccc(-n2ccnc2)cc1. The van der Waals surface area contributed by atoms with E-state index >= 15 is 0 Å². The first-order valence-corrected chi connectivity index (χ1v) is 6.86. The lowest BCUT2D eigenvalue weighted by Crippen LogP contribution is -2.06. The molecule has 1 heterocycles. The zero-order valence-electron chi connectivity index (χ0n) is 11.8. The first-order valence-electron chi connectivity index (χ1n) is 6.86. The molecule has 21 heavy (non-hydrogen) atoms. The largest absolute Gasteiger partial charge is 0.508 e. The van der Waals surface area contributed by atoms with Crippen LogP contribution in [0, 0.1) is 0 Å². The van der Waals surface area contributed by atoms with Crippen LogP contribution in [0.15, 0.2) is 67.3 Å². The Bertz CT molecular complexity index is 688. The van der Waals surface area contributed by atoms with Crippen molar-refractivity contribution < 1.29 is 5.11 Å². The second-order valence-corrected chi connectivity index (χ2v) is 4.97. The predicted molar refractivity (Wildman–Crippen MR) is 83.7 cm³/mol. The van der Waals surface area contributed by atoms with Gasteiger partial charge in [0.2, 0.25) is 0 Å². The van der Waals surface area contributed by atoms with Crippen LogP contribution >= 0.6 is 0 Å². The molecule has 0 bridgehead atoms. The third kappa shape index (κ3) is 3.05. The Hall–Kier alpha value is -2.75. The van der Waals surface area contributed by atoms with Crippen LogP contribution in [0.5, 0.6) is 5.75 Å². The van der Waals surface area contributed by atoms with Crippen molar-refractivity contribution in [3.05, 3.63) is 72.8 Å². The van der Waals surface area contributed by atoms with E-state index in [1.165, 1.54) is 5.56 Å². The molecule has 0 fully saturated rings. The number of phenolic OH excluding ortho intramolecular Hbond substituents is 1. The summed E-state index contributed by atoms with van der Waals surface area (Å²) in [6, 6.07) is 15.6. The minimum atomic E-state index is 0.186. The van der Waals surface area contributed by atoms with E-state index in [9.17, 15) is 5.11 Å². The van der Waals surface area contributed by atoms with E-state index in [-0.39, 0.29) is 11.8 Å². The predicted octanol–water partition coefficient (Wildman–Crippen LogP) is 3.75. The zero-order chi connectivity index (χ0) is 14.7. The Morgan fingerprint density at radius 2 is 1.76 bits per heavy atom. The molecule has 1 unspecified atom stereocenters. The Labute approximate surface area is 123 Å². The van der Waals surface area contributed by atoms with E-state index in [0.717, 1.165) is 11.4 Å². The minimum Gasteiger partial charge on any atom is -0.508 e. The van der Waals surface area contributed by atoms with Gasteiger partial charge in [-0.2, -0.15) is 0 Å². The number of hydrogen-bond donors (Lipinski definition) is 2. The summed E-state index contributed by atoms with van der Waals surface area (Å²) in [7, 11) is 0. The molecule has 4 heteroatoms. The number of nitrogens with one attached hydrogen (secondary N) is 1. The second-order valence-electron chi connectivity index (χ2n) is 4.97. The third-order valence-electron chi connectivity index (χ3n) is 3.45. The van der Waals surface area contributed by atoms with Gasteiger partial charge >= 0.3 is 0 Å². The van der Waals surface area contributed by atoms with Crippen molar-refractivity contribution in [2.45, 2.75) is 13.0 Å². The quantitative estimate of drug-likeness (QED) is 0.715. The molecule has 2 aromatic carbocycles. The summed E-state index contributed by atoms with van der Waals surface area (Å²) in [5, 5.41) is 12.7. The highest BCUT2D eigenvalue weighted by Gasteiger charge is 2.05. The molecular formula is C17H17N3O. The Morgan fingerprint density at radius 1 is 1.05 bits per heavy atom. The van der Waals surface area contributed by atoms with E-state index in [0.29, 0.717) is 0 Å². The fourth-order valence-corrected chi connectivity index (χ4v) is 2.24. The third-order valence-corrected chi connectivity index (χ3v) is 3.45. The van der Waals surface area contributed by atoms with E-state index < -0.39 is 0 Å². The highest BCUT2D eigenvalue weighted by atomic mass is 16.3. The summed E-state index contributed by atoms with van der Waals surface area (Å²) >= 11 is 0. The molecule has 0 aliphatic rings. The summed E-state index contributed by atoms with van der Waals surface area (Å²) in [4.78, 5) is 4.05. The van der Waals surface area contributed by atoms with Crippen LogP contribution < -0.4 is 5.32 Å². The van der Waals surface area contributed by atoms with Crippen LogP contribution in [0.1, 0.15) is 18.5 Å². The fraction of sp³-hybridized carbons (Fsp3) is 0.118. The van der Waals surface area contributed by atoms with Gasteiger partial charge < -0.3 is 15.0 Å². The highest BCUT2D eigenvalue weighted by molar-refractivity contribution is 5.48. The van der Waals surface area contributed by atoms with Crippen molar-refractivity contribution in [1.82, 2.24) is 9.55 Å². The molecule has 0 amide bonds. The number of anilines is 1. The molecule has 0 spiro atoms. The Balaban J connectivity index is 1.73. The van der Waals surface area contributed by atoms with E-state index in [1.54, 1.807) is 24.7 Å². The average molecular weight is 279 g/mol. The molecule has 2 N–H and O–H groups in total. The standard InChI is InChI=1S/C17H17N3O/c1-13(19-15-4-8-17(21)9-5-15)14-2-6-16(7-3-14)20-11-10-18-12-20/h2-13,19,21H,1H3. The van der Waals surface area contributed by atoms with Gasteiger partial charge in [-0.05, 0) is 48.9 Å². The van der Waals surface area contributed by atoms with Crippen molar-refractivity contribution in [2.24, 2.45) is 0 Å². The molecule has 3 rings (SSSR count). The van der Waals surface area contributed by atoms with Gasteiger partial charge in [0.05, 0.1) is 6.33 Å². The maximum atomic E-state index is 9.29. The first kappa shape index (κ1) is 13.2. The maximum Gasteiger partial charge on any atom is 0.115 e. The van der Waals surface area contributed by atoms with Crippen molar-refractivity contribution in [2.75, 3.05) is 5.32 Å². The van der Waals surface area contributed by atoms with Gasteiger partial charge in [0.25, 0.3) is 0 Å². The summed E-state index contributed by atoms with van der Waals surface area (Å²) in [5.74, 6) is 0.276. The van der Waals surface area contributed by atoms with Crippen molar-refractivity contribution in [3.63, 3.8) is 0 Å². The highest BCUT2D eigenvalue weighted by Crippen LogP contribution is 2.22. The number of hydrogen-bond acceptors (Lipinski definition) is 3. The van der Waals surface area contributed by atoms with E-state index in [1.807, 2.05) is 22.9 Å². The second kappa shape index (κ2) is 5.71. The molecule has 0 radical (unpaired) electrons. The number of nitrogens with zero attached hydrogens (tertiary/aromatic N) is 2. The molecule has 1 atom stereocenters. The summed E-state index contributed by atoms with van der Waals surface area (Å²) in [5.41, 5.74) is 3.28. The lowest BCUT2D eigenvalue weighted by molar-refractivity contribution is 0.475. The zero-order valence-corrected chi connectivity index (χ0v) is 11.8. The van der Waals surface area contributed by atoms with Gasteiger partial charge in [0.1, 0.15) is 5.75 Å². The molecule has 4 nitrogen and oxygen atoms in total. The van der Waals surface area contributed by atoms with Crippen LogP contribution in [0.4, 0.5) is 5.69 Å². The van der Waals surface area contributed by atoms with Crippen molar-refractivity contribution >= 4 is 5.69 Å². The van der Waals surface area contributed by atoms with Crippen LogP contribution in [0.2, 0.25) is 0 Å². The maximum absolute atomic E-state index is 9.29. The summed E-state index contributed by atoms with van der Waals surface area (Å²) in [6.07, 6.45) is 5.48. The lowest BCUT2D eigenvalue weighted by Gasteiger charge is -2.16. The van der Waals surface area contributed by atoms with Gasteiger partial charge in [-0.25, -0.2) is 4.98 Å². The first-order chi connectivity index (χ1) is 10.2. The van der Waals surface area contributed by atoms with Crippen LogP contribution in [0.25, 0.3) is 5.69 Å². The molecule has 3 aromatic rings. The number of benzene rings is 2. The molecule has 0 aliphatic carbocycles. The van der Waals surface area contributed by atoms with Gasteiger partial charge in [-0.1, -0.05) is 12.1 Å². The van der Waals surface area contributed by atoms with Crippen LogP contribution in [-0.4, -0.2) is 14.7 Å². The Morgan fingerprint density at radius 3 is 2.38 bits per heavy atom. The number of aromatic nitrogens is 2. The molecular weight excluding hydrogens is 262 g/mol. The number of phenols is 1. The van der Waals surface area contributed by atoms with Crippen LogP contribution in [0.3, 0.4) is 0 Å². The number of aromatic hydroxyl groups is 1. The average Bonchev–Trinajstić information content (AvgIpc) is 3.04. The molecule has 1 aromatic heterocycles. The summed E-state index contributed by atoms with van der Waals surface area (Å²) in [6.45, 7) is 2.11. The monoisotopic (exact) mass is 279 g/mol. The Kier molecular flexibility index (Phi) is 3.60. The van der Waals surface area contributed by atoms with Gasteiger partial charge in [-0.15, -0.1) is 0 Å². The molecule has 0 saturated heterocycles. The smallest absolute Gasteiger partial charge is 0.115 e. The van der Waals surface area contributed by atoms with E-state index in [2.05, 4.69) is 41.5 Å². The van der Waals surface area contributed by atoms with Gasteiger partial charge in [0.15, 0.2) is 0 Å². The molecule has 0 saturated carbocycles. The topological polar surface area (TPSA) is 50.1 Å². The summed E-state index contributed by atoms with van der Waals surface area (Å²) < 4.78 is 1.97. The van der Waals surface area contributed by atoms with Crippen molar-refractivity contribution in [3.8, 4) is 11.4 Å². The van der Waals surface area contributed by atoms with Crippen LogP contribution in [-0.2, 0) is 0 Å². The molecule has 106 valence electrons. The lowest BCUT2D eigenvalue weighted by atomic mass is 10.1. The van der Waals surface area contributed by atoms with Crippen molar-refractivity contribution in [1.29, 1.82) is 0 Å². The van der Waals surface area contributed by atoms with Gasteiger partial charge in [0, 0.05) is 29.8 Å². The van der Waals surface area contributed by atoms with E-state index in [4.69, 9.17) is 0 Å². The minimum absolute atomic E-state index is 0.186. The number of imidazole rings is 1. The number of rotatable bonds is 4. The van der Waals surface area contributed by atoms with Gasteiger partial charge in [-0.3, -0.25) is 0 Å². The molecule has 0 aliphatic heterocycles. The fourth-order valence-electron chi connectivity index (χ4n) is 2.24.